The van der Waals surface area contributed by atoms with E-state index in [0.717, 1.165) is 17.0 Å². The van der Waals surface area contributed by atoms with E-state index in [-0.39, 0.29) is 23.4 Å². The minimum absolute atomic E-state index is 0.0848. The van der Waals surface area contributed by atoms with Crippen LogP contribution in [0.2, 0.25) is 0 Å². The fraction of sp³-hybridized carbons (Fsp3) is 0.263. The highest BCUT2D eigenvalue weighted by molar-refractivity contribution is 8.00. The van der Waals surface area contributed by atoms with E-state index in [1.54, 1.807) is 23.9 Å². The Morgan fingerprint density at radius 1 is 1.19 bits per heavy atom. The van der Waals surface area contributed by atoms with Crippen molar-refractivity contribution in [3.05, 3.63) is 54.1 Å². The maximum absolute atomic E-state index is 12.6. The first-order chi connectivity index (χ1) is 12.7. The molecule has 0 saturated carbocycles. The van der Waals surface area contributed by atoms with E-state index in [9.17, 15) is 22.8 Å². The number of nitrogens with one attached hydrogen (secondary N) is 1. The molecule has 4 nitrogen and oxygen atoms in total. The zero-order chi connectivity index (χ0) is 19.6. The van der Waals surface area contributed by atoms with Crippen LogP contribution in [0.25, 0.3) is 0 Å². The van der Waals surface area contributed by atoms with Crippen molar-refractivity contribution in [3.8, 4) is 0 Å². The summed E-state index contributed by atoms with van der Waals surface area (Å²) >= 11 is 1.57. The molecule has 1 aliphatic heterocycles. The number of anilines is 2. The molecule has 0 aliphatic carbocycles. The molecule has 27 heavy (non-hydrogen) atoms. The smallest absolute Gasteiger partial charge is 0.325 e. The lowest BCUT2D eigenvalue weighted by atomic mass is 10.2. The van der Waals surface area contributed by atoms with Gasteiger partial charge in [-0.15, -0.1) is 11.8 Å². The summed E-state index contributed by atoms with van der Waals surface area (Å²) in [5.41, 5.74) is 0.119. The van der Waals surface area contributed by atoms with Gasteiger partial charge in [-0.05, 0) is 36.4 Å². The van der Waals surface area contributed by atoms with Crippen LogP contribution in [0.15, 0.2) is 53.4 Å². The molecule has 0 unspecified atom stereocenters. The van der Waals surface area contributed by atoms with Crippen LogP contribution in [-0.2, 0) is 15.8 Å². The van der Waals surface area contributed by atoms with Gasteiger partial charge in [-0.2, -0.15) is 13.2 Å². The Morgan fingerprint density at radius 3 is 2.52 bits per heavy atom. The minimum Gasteiger partial charge on any atom is -0.325 e. The molecule has 1 N–H and O–H groups in total. The van der Waals surface area contributed by atoms with Crippen molar-refractivity contribution in [3.63, 3.8) is 0 Å². The number of benzene rings is 2. The molecule has 0 radical (unpaired) electrons. The van der Waals surface area contributed by atoms with Gasteiger partial charge in [0.05, 0.1) is 11.3 Å². The van der Waals surface area contributed by atoms with Gasteiger partial charge in [0, 0.05) is 22.3 Å². The maximum Gasteiger partial charge on any atom is 0.416 e. The summed E-state index contributed by atoms with van der Waals surface area (Å²) < 4.78 is 37.8. The second kappa shape index (κ2) is 7.64. The van der Waals surface area contributed by atoms with E-state index < -0.39 is 17.6 Å². The minimum atomic E-state index is -4.43. The summed E-state index contributed by atoms with van der Waals surface area (Å²) in [5, 5.41) is 2.63. The van der Waals surface area contributed by atoms with Crippen LogP contribution in [0.5, 0.6) is 0 Å². The van der Waals surface area contributed by atoms with Gasteiger partial charge in [0.25, 0.3) is 0 Å². The van der Waals surface area contributed by atoms with Crippen LogP contribution in [0.3, 0.4) is 0 Å². The van der Waals surface area contributed by atoms with Crippen molar-refractivity contribution in [1.29, 1.82) is 0 Å². The predicted molar refractivity (Wildman–Crippen MR) is 98.8 cm³/mol. The quantitative estimate of drug-likeness (QED) is 0.830. The largest absolute Gasteiger partial charge is 0.416 e. The van der Waals surface area contributed by atoms with Gasteiger partial charge in [0.1, 0.15) is 6.54 Å². The molecule has 2 aromatic rings. The van der Waals surface area contributed by atoms with E-state index >= 15 is 0 Å². The molecular formula is C19H17F3N2O2S. The first-order valence-corrected chi connectivity index (χ1v) is 9.15. The molecule has 0 fully saturated rings. The summed E-state index contributed by atoms with van der Waals surface area (Å²) in [6.45, 7) is 1.75. The number of fused-ring (bicyclic) bond motifs is 1. The number of hydrogen-bond acceptors (Lipinski definition) is 3. The molecule has 3 rings (SSSR count). The summed E-state index contributed by atoms with van der Waals surface area (Å²) in [6.07, 6.45) is -4.13. The lowest BCUT2D eigenvalue weighted by Gasteiger charge is -2.22. The predicted octanol–water partition coefficient (Wildman–Crippen LogP) is 4.56. The molecule has 0 aromatic heterocycles. The van der Waals surface area contributed by atoms with Gasteiger partial charge >= 0.3 is 6.18 Å². The molecule has 1 atom stereocenters. The number of carbonyl (C=O) groups is 2. The molecular weight excluding hydrogens is 377 g/mol. The summed E-state index contributed by atoms with van der Waals surface area (Å²) in [4.78, 5) is 27.3. The Labute approximate surface area is 158 Å². The Morgan fingerprint density at radius 2 is 1.85 bits per heavy atom. The Hall–Kier alpha value is -2.48. The van der Waals surface area contributed by atoms with Crippen molar-refractivity contribution in [2.45, 2.75) is 29.7 Å². The van der Waals surface area contributed by atoms with Crippen LogP contribution < -0.4 is 10.2 Å². The van der Waals surface area contributed by atoms with Crippen LogP contribution >= 0.6 is 11.8 Å². The molecule has 0 bridgehead atoms. The second-order valence-electron chi connectivity index (χ2n) is 6.20. The van der Waals surface area contributed by atoms with Gasteiger partial charge in [-0.1, -0.05) is 19.1 Å². The number of thioether (sulfide) groups is 1. The molecule has 8 heteroatoms. The van der Waals surface area contributed by atoms with Gasteiger partial charge in [0.15, 0.2) is 0 Å². The fourth-order valence-corrected chi connectivity index (χ4v) is 3.90. The third kappa shape index (κ3) is 4.63. The molecule has 0 saturated heterocycles. The van der Waals surface area contributed by atoms with Gasteiger partial charge in [-0.3, -0.25) is 9.59 Å². The van der Waals surface area contributed by atoms with Crippen molar-refractivity contribution >= 4 is 35.0 Å². The highest BCUT2D eigenvalue weighted by Gasteiger charge is 2.30. The number of nitrogens with zero attached hydrogens (tertiary/aromatic N) is 1. The Bertz CT molecular complexity index is 853. The van der Waals surface area contributed by atoms with E-state index in [4.69, 9.17) is 0 Å². The third-order valence-corrected chi connectivity index (χ3v) is 5.21. The average molecular weight is 394 g/mol. The average Bonchev–Trinajstić information content (AvgIpc) is 2.70. The molecule has 142 valence electrons. The van der Waals surface area contributed by atoms with Crippen molar-refractivity contribution in [2.24, 2.45) is 0 Å². The molecule has 2 amide bonds. The normalized spacial score (nSPS) is 17.3. The SMILES string of the molecule is C[C@@H]1CC(=O)N(CC(=O)Nc2ccc(C(F)(F)F)cc2)c2ccccc2S1. The Balaban J connectivity index is 1.74. The monoisotopic (exact) mass is 394 g/mol. The summed E-state index contributed by atoms with van der Waals surface area (Å²) in [6, 6.07) is 11.5. The maximum atomic E-state index is 12.6. The standard InChI is InChI=1S/C19H17F3N2O2S/c1-12-10-18(26)24(15-4-2-3-5-16(15)27-12)11-17(25)23-14-8-6-13(7-9-14)19(20,21)22/h2-9,12H,10-11H2,1H3,(H,23,25)/t12-/m1/s1. The number of amides is 2. The number of hydrogen-bond donors (Lipinski definition) is 1. The van der Waals surface area contributed by atoms with E-state index in [0.29, 0.717) is 12.1 Å². The van der Waals surface area contributed by atoms with Gasteiger partial charge < -0.3 is 10.2 Å². The van der Waals surface area contributed by atoms with Crippen molar-refractivity contribution in [2.75, 3.05) is 16.8 Å². The number of rotatable bonds is 3. The first-order valence-electron chi connectivity index (χ1n) is 8.27. The highest BCUT2D eigenvalue weighted by atomic mass is 32.2. The lowest BCUT2D eigenvalue weighted by Crippen LogP contribution is -2.38. The summed E-state index contributed by atoms with van der Waals surface area (Å²) in [7, 11) is 0. The highest BCUT2D eigenvalue weighted by Crippen LogP contribution is 2.37. The Kier molecular flexibility index (Phi) is 5.46. The van der Waals surface area contributed by atoms with Gasteiger partial charge in [0.2, 0.25) is 11.8 Å². The summed E-state index contributed by atoms with van der Waals surface area (Å²) in [5.74, 6) is -0.639. The number of para-hydroxylation sites is 1. The van der Waals surface area contributed by atoms with Crippen LogP contribution in [0.4, 0.5) is 24.5 Å². The topological polar surface area (TPSA) is 49.4 Å². The number of alkyl halides is 3. The van der Waals surface area contributed by atoms with Crippen molar-refractivity contribution in [1.82, 2.24) is 0 Å². The van der Waals surface area contributed by atoms with Crippen molar-refractivity contribution < 1.29 is 22.8 Å². The fourth-order valence-electron chi connectivity index (χ4n) is 2.79. The van der Waals surface area contributed by atoms with Gasteiger partial charge in [-0.25, -0.2) is 0 Å². The second-order valence-corrected chi connectivity index (χ2v) is 7.68. The number of halogens is 3. The zero-order valence-electron chi connectivity index (χ0n) is 14.4. The van der Waals surface area contributed by atoms with Crippen LogP contribution in [-0.4, -0.2) is 23.6 Å². The zero-order valence-corrected chi connectivity index (χ0v) is 15.2. The number of carbonyl (C=O) groups excluding carboxylic acids is 2. The molecule has 2 aromatic carbocycles. The molecule has 1 heterocycles. The van der Waals surface area contributed by atoms with Crippen LogP contribution in [0, 0.1) is 0 Å². The van der Waals surface area contributed by atoms with E-state index in [1.165, 1.54) is 17.0 Å². The lowest BCUT2D eigenvalue weighted by molar-refractivity contribution is -0.137. The molecule has 0 spiro atoms. The van der Waals surface area contributed by atoms with E-state index in [2.05, 4.69) is 5.32 Å². The van der Waals surface area contributed by atoms with Crippen LogP contribution in [0.1, 0.15) is 18.9 Å². The molecule has 1 aliphatic rings. The third-order valence-electron chi connectivity index (χ3n) is 4.05. The first kappa shape index (κ1) is 19.3. The van der Waals surface area contributed by atoms with E-state index in [1.807, 2.05) is 19.1 Å².